The zero-order valence-electron chi connectivity index (χ0n) is 14.5. The molecule has 0 spiro atoms. The second kappa shape index (κ2) is 6.83. The van der Waals surface area contributed by atoms with Crippen LogP contribution in [0.25, 0.3) is 0 Å². The molecule has 0 bridgehead atoms. The van der Waals surface area contributed by atoms with E-state index in [-0.39, 0.29) is 5.91 Å². The van der Waals surface area contributed by atoms with Gasteiger partial charge in [0.2, 0.25) is 5.95 Å². The normalized spacial score (nSPS) is 19.7. The van der Waals surface area contributed by atoms with Gasteiger partial charge in [0.05, 0.1) is 0 Å². The number of nitrogens with zero attached hydrogens (tertiary/aromatic N) is 5. The molecule has 0 unspecified atom stereocenters. The van der Waals surface area contributed by atoms with Crippen LogP contribution in [0.1, 0.15) is 48.8 Å². The standard InChI is InChI=1S/C17H27N5O/c1-13(2)14-12-15(16(23)21-10-8-20(3)9-11-21)19-17(18-14)22-6-4-5-7-22/h12-13H,4-11H2,1-3H3. The number of piperazine rings is 1. The summed E-state index contributed by atoms with van der Waals surface area (Å²) in [6.45, 7) is 9.60. The van der Waals surface area contributed by atoms with Crippen molar-refractivity contribution in [3.63, 3.8) is 0 Å². The van der Waals surface area contributed by atoms with Crippen molar-refractivity contribution in [3.05, 3.63) is 17.5 Å². The lowest BCUT2D eigenvalue weighted by Crippen LogP contribution is -2.47. The Bertz CT molecular complexity index is 560. The summed E-state index contributed by atoms with van der Waals surface area (Å²) in [5.41, 5.74) is 1.51. The highest BCUT2D eigenvalue weighted by Gasteiger charge is 2.24. The van der Waals surface area contributed by atoms with Crippen molar-refractivity contribution in [2.45, 2.75) is 32.6 Å². The Morgan fingerprint density at radius 2 is 1.70 bits per heavy atom. The van der Waals surface area contributed by atoms with Gasteiger partial charge in [0, 0.05) is 45.0 Å². The second-order valence-electron chi connectivity index (χ2n) is 6.92. The molecule has 2 aliphatic heterocycles. The summed E-state index contributed by atoms with van der Waals surface area (Å²) in [5.74, 6) is 1.06. The molecule has 6 nitrogen and oxygen atoms in total. The fourth-order valence-corrected chi connectivity index (χ4v) is 3.09. The second-order valence-corrected chi connectivity index (χ2v) is 6.92. The number of amides is 1. The van der Waals surface area contributed by atoms with Gasteiger partial charge in [0.25, 0.3) is 5.91 Å². The molecular formula is C17H27N5O. The molecule has 6 heteroatoms. The van der Waals surface area contributed by atoms with Gasteiger partial charge in [-0.2, -0.15) is 0 Å². The van der Waals surface area contributed by atoms with E-state index in [1.54, 1.807) is 0 Å². The highest BCUT2D eigenvalue weighted by molar-refractivity contribution is 5.92. The summed E-state index contributed by atoms with van der Waals surface area (Å²) in [5, 5.41) is 0. The Morgan fingerprint density at radius 1 is 1.04 bits per heavy atom. The van der Waals surface area contributed by atoms with Crippen LogP contribution in [0.3, 0.4) is 0 Å². The minimum atomic E-state index is 0.0443. The van der Waals surface area contributed by atoms with Crippen LogP contribution in [0, 0.1) is 0 Å². The van der Waals surface area contributed by atoms with E-state index < -0.39 is 0 Å². The van der Waals surface area contributed by atoms with E-state index in [4.69, 9.17) is 4.98 Å². The Labute approximate surface area is 138 Å². The smallest absolute Gasteiger partial charge is 0.272 e. The summed E-state index contributed by atoms with van der Waals surface area (Å²) >= 11 is 0. The maximum Gasteiger partial charge on any atom is 0.272 e. The average molecular weight is 317 g/mol. The summed E-state index contributed by atoms with van der Waals surface area (Å²) in [7, 11) is 2.09. The highest BCUT2D eigenvalue weighted by Crippen LogP contribution is 2.21. The van der Waals surface area contributed by atoms with Gasteiger partial charge in [-0.25, -0.2) is 9.97 Å². The Balaban J connectivity index is 1.86. The lowest BCUT2D eigenvalue weighted by atomic mass is 10.1. The number of hydrogen-bond donors (Lipinski definition) is 0. The van der Waals surface area contributed by atoms with Crippen molar-refractivity contribution in [2.75, 3.05) is 51.2 Å². The molecule has 0 radical (unpaired) electrons. The monoisotopic (exact) mass is 317 g/mol. The van der Waals surface area contributed by atoms with Crippen molar-refractivity contribution < 1.29 is 4.79 Å². The number of carbonyl (C=O) groups excluding carboxylic acids is 1. The van der Waals surface area contributed by atoms with Gasteiger partial charge in [-0.3, -0.25) is 4.79 Å². The maximum absolute atomic E-state index is 12.8. The van der Waals surface area contributed by atoms with Gasteiger partial charge >= 0.3 is 0 Å². The van der Waals surface area contributed by atoms with Gasteiger partial charge in [-0.1, -0.05) is 13.8 Å². The third kappa shape index (κ3) is 3.63. The Kier molecular flexibility index (Phi) is 4.80. The number of carbonyl (C=O) groups is 1. The van der Waals surface area contributed by atoms with Gasteiger partial charge in [-0.05, 0) is 31.9 Å². The van der Waals surface area contributed by atoms with Crippen molar-refractivity contribution in [1.29, 1.82) is 0 Å². The van der Waals surface area contributed by atoms with Crippen LogP contribution in [-0.4, -0.2) is 72.0 Å². The number of hydrogen-bond acceptors (Lipinski definition) is 5. The lowest BCUT2D eigenvalue weighted by Gasteiger charge is -2.32. The fraction of sp³-hybridized carbons (Fsp3) is 0.706. The minimum Gasteiger partial charge on any atom is -0.341 e. The molecule has 0 saturated carbocycles. The van der Waals surface area contributed by atoms with Crippen LogP contribution in [-0.2, 0) is 0 Å². The number of aromatic nitrogens is 2. The summed E-state index contributed by atoms with van der Waals surface area (Å²) in [6.07, 6.45) is 2.36. The number of rotatable bonds is 3. The predicted molar refractivity (Wildman–Crippen MR) is 91.0 cm³/mol. The van der Waals surface area contributed by atoms with Crippen LogP contribution in [0.2, 0.25) is 0 Å². The molecule has 1 aromatic rings. The minimum absolute atomic E-state index is 0.0443. The first kappa shape index (κ1) is 16.2. The summed E-state index contributed by atoms with van der Waals surface area (Å²) in [4.78, 5) is 28.5. The fourth-order valence-electron chi connectivity index (χ4n) is 3.09. The molecule has 2 saturated heterocycles. The van der Waals surface area contributed by atoms with E-state index in [1.807, 2.05) is 11.0 Å². The van der Waals surface area contributed by atoms with Crippen molar-refractivity contribution in [2.24, 2.45) is 0 Å². The van der Waals surface area contributed by atoms with Gasteiger partial charge in [0.1, 0.15) is 5.69 Å². The Morgan fingerprint density at radius 3 is 2.30 bits per heavy atom. The molecule has 1 aromatic heterocycles. The number of anilines is 1. The average Bonchev–Trinajstić information content (AvgIpc) is 3.09. The molecule has 0 aliphatic carbocycles. The van der Waals surface area contributed by atoms with Gasteiger partial charge in [0.15, 0.2) is 0 Å². The van der Waals surface area contributed by atoms with E-state index in [0.717, 1.165) is 50.9 Å². The third-order valence-corrected chi connectivity index (χ3v) is 4.72. The zero-order chi connectivity index (χ0) is 16.4. The van der Waals surface area contributed by atoms with E-state index in [2.05, 4.69) is 35.7 Å². The molecule has 1 amide bonds. The van der Waals surface area contributed by atoms with Crippen molar-refractivity contribution >= 4 is 11.9 Å². The molecule has 3 heterocycles. The molecular weight excluding hydrogens is 290 g/mol. The molecule has 0 N–H and O–H groups in total. The first-order chi connectivity index (χ1) is 11.0. The highest BCUT2D eigenvalue weighted by atomic mass is 16.2. The molecule has 23 heavy (non-hydrogen) atoms. The van der Waals surface area contributed by atoms with E-state index in [0.29, 0.717) is 11.6 Å². The van der Waals surface area contributed by atoms with Gasteiger partial charge in [-0.15, -0.1) is 0 Å². The number of likely N-dealkylation sites (N-methyl/N-ethyl adjacent to an activating group) is 1. The summed E-state index contributed by atoms with van der Waals surface area (Å²) in [6, 6.07) is 1.88. The van der Waals surface area contributed by atoms with E-state index >= 15 is 0 Å². The molecule has 0 atom stereocenters. The van der Waals surface area contributed by atoms with Gasteiger partial charge < -0.3 is 14.7 Å². The maximum atomic E-state index is 12.8. The largest absolute Gasteiger partial charge is 0.341 e. The predicted octanol–water partition coefficient (Wildman–Crippen LogP) is 1.59. The van der Waals surface area contributed by atoms with Crippen LogP contribution in [0.5, 0.6) is 0 Å². The van der Waals surface area contributed by atoms with Crippen LogP contribution < -0.4 is 4.90 Å². The summed E-state index contributed by atoms with van der Waals surface area (Å²) < 4.78 is 0. The molecule has 3 rings (SSSR count). The van der Waals surface area contributed by atoms with E-state index in [9.17, 15) is 4.79 Å². The molecule has 0 aromatic carbocycles. The van der Waals surface area contributed by atoms with Crippen LogP contribution in [0.15, 0.2) is 6.07 Å². The van der Waals surface area contributed by atoms with Crippen molar-refractivity contribution in [3.8, 4) is 0 Å². The molecule has 2 aliphatic rings. The molecule has 2 fully saturated rings. The lowest BCUT2D eigenvalue weighted by molar-refractivity contribution is 0.0658. The quantitative estimate of drug-likeness (QED) is 0.847. The first-order valence-electron chi connectivity index (χ1n) is 8.66. The van der Waals surface area contributed by atoms with E-state index in [1.165, 1.54) is 12.8 Å². The molecule has 126 valence electrons. The van der Waals surface area contributed by atoms with Crippen LogP contribution >= 0.6 is 0 Å². The first-order valence-corrected chi connectivity index (χ1v) is 8.66. The topological polar surface area (TPSA) is 52.6 Å². The third-order valence-electron chi connectivity index (χ3n) is 4.72. The zero-order valence-corrected chi connectivity index (χ0v) is 14.5. The van der Waals surface area contributed by atoms with Crippen LogP contribution in [0.4, 0.5) is 5.95 Å². The Hall–Kier alpha value is -1.69. The van der Waals surface area contributed by atoms with Crippen molar-refractivity contribution in [1.82, 2.24) is 19.8 Å². The SMILES string of the molecule is CC(C)c1cc(C(=O)N2CCN(C)CC2)nc(N2CCCC2)n1.